The van der Waals surface area contributed by atoms with Crippen LogP contribution in [-0.4, -0.2) is 34.1 Å². The standard InChI is InChI=1S/C31H54O4Si/c1-13-29(10)18-26(32)30(11)23(8)14-16-31(24(9)28(29)34-19-33-12)17-15-25(27(30)31)35-36(20(2)3,21(4)5)22(6)7/h13,20-24,28H,1,14-19H2,2-12H3/t23?,24?,28?,29-,30?,31?/m1/s1. The molecular formula is C31H54O4Si. The van der Waals surface area contributed by atoms with Gasteiger partial charge in [-0.25, -0.2) is 0 Å². The molecule has 0 heterocycles. The fraction of sp³-hybridized carbons (Fsp3) is 0.839. The summed E-state index contributed by atoms with van der Waals surface area (Å²) in [5.74, 6) is 2.00. The van der Waals surface area contributed by atoms with Gasteiger partial charge in [0.05, 0.1) is 17.3 Å². The van der Waals surface area contributed by atoms with Crippen LogP contribution in [0.25, 0.3) is 0 Å². The summed E-state index contributed by atoms with van der Waals surface area (Å²) >= 11 is 0. The van der Waals surface area contributed by atoms with Gasteiger partial charge in [-0.05, 0) is 60.2 Å². The van der Waals surface area contributed by atoms with E-state index in [2.05, 4.69) is 75.8 Å². The second-order valence-electron chi connectivity index (χ2n) is 13.6. The Bertz CT molecular complexity index is 854. The summed E-state index contributed by atoms with van der Waals surface area (Å²) in [6.07, 6.45) is 6.37. The van der Waals surface area contributed by atoms with Crippen LogP contribution in [0.2, 0.25) is 16.6 Å². The molecule has 3 aliphatic rings. The van der Waals surface area contributed by atoms with Gasteiger partial charge in [0, 0.05) is 30.8 Å². The van der Waals surface area contributed by atoms with Crippen LogP contribution < -0.4 is 0 Å². The molecule has 36 heavy (non-hydrogen) atoms. The Morgan fingerprint density at radius 1 is 1.06 bits per heavy atom. The third-order valence-electron chi connectivity index (χ3n) is 11.0. The molecule has 4 nitrogen and oxygen atoms in total. The molecule has 0 aromatic heterocycles. The summed E-state index contributed by atoms with van der Waals surface area (Å²) < 4.78 is 19.3. The van der Waals surface area contributed by atoms with Crippen molar-refractivity contribution in [2.45, 2.75) is 124 Å². The number of hydrogen-bond acceptors (Lipinski definition) is 4. The molecule has 0 aliphatic heterocycles. The Hall–Kier alpha value is -0.913. The lowest BCUT2D eigenvalue weighted by Gasteiger charge is -2.58. The van der Waals surface area contributed by atoms with E-state index in [4.69, 9.17) is 13.9 Å². The Labute approximate surface area is 222 Å². The average molecular weight is 519 g/mol. The third-order valence-corrected chi connectivity index (χ3v) is 17.1. The van der Waals surface area contributed by atoms with Crippen molar-refractivity contribution in [2.75, 3.05) is 13.9 Å². The maximum atomic E-state index is 14.4. The van der Waals surface area contributed by atoms with Crippen molar-refractivity contribution in [3.63, 3.8) is 0 Å². The Kier molecular flexibility index (Phi) is 8.51. The SMILES string of the molecule is C=C[C@]1(C)CC(=O)C2(C)C3=C(O[Si](C(C)C)(C(C)C)C(C)C)CCC3(CCC2C)C(C)C1OCOC. The van der Waals surface area contributed by atoms with E-state index in [0.29, 0.717) is 28.8 Å². The van der Waals surface area contributed by atoms with Gasteiger partial charge in [-0.15, -0.1) is 6.58 Å². The molecule has 206 valence electrons. The first-order valence-electron chi connectivity index (χ1n) is 14.4. The highest BCUT2D eigenvalue weighted by atomic mass is 28.4. The first-order chi connectivity index (χ1) is 16.7. The lowest BCUT2D eigenvalue weighted by molar-refractivity contribution is -0.165. The molecule has 0 aromatic rings. The molecule has 2 saturated carbocycles. The van der Waals surface area contributed by atoms with Crippen LogP contribution in [0.5, 0.6) is 0 Å². The van der Waals surface area contributed by atoms with Crippen LogP contribution in [-0.2, 0) is 18.7 Å². The summed E-state index contributed by atoms with van der Waals surface area (Å²) in [7, 11) is -0.489. The molecule has 0 aromatic carbocycles. The van der Waals surface area contributed by atoms with Gasteiger partial charge in [-0.1, -0.05) is 68.4 Å². The number of ketones is 1. The quantitative estimate of drug-likeness (QED) is 0.174. The first-order valence-corrected chi connectivity index (χ1v) is 16.5. The Morgan fingerprint density at radius 3 is 2.14 bits per heavy atom. The molecule has 3 rings (SSSR count). The van der Waals surface area contributed by atoms with E-state index in [-0.39, 0.29) is 30.1 Å². The smallest absolute Gasteiger partial charge is 0.258 e. The largest absolute Gasteiger partial charge is 0.546 e. The van der Waals surface area contributed by atoms with Crippen LogP contribution in [0, 0.1) is 28.1 Å². The maximum Gasteiger partial charge on any atom is 0.258 e. The molecule has 0 radical (unpaired) electrons. The van der Waals surface area contributed by atoms with Gasteiger partial charge < -0.3 is 13.9 Å². The zero-order valence-corrected chi connectivity index (χ0v) is 26.1. The number of carbonyl (C=O) groups is 1. The molecule has 5 unspecified atom stereocenters. The minimum Gasteiger partial charge on any atom is -0.546 e. The van der Waals surface area contributed by atoms with Gasteiger partial charge in [0.1, 0.15) is 12.6 Å². The lowest BCUT2D eigenvalue weighted by atomic mass is 9.46. The molecule has 0 spiro atoms. The number of ether oxygens (including phenoxy) is 2. The highest BCUT2D eigenvalue weighted by molar-refractivity contribution is 6.77. The van der Waals surface area contributed by atoms with Crippen molar-refractivity contribution in [1.29, 1.82) is 0 Å². The second kappa shape index (κ2) is 10.3. The van der Waals surface area contributed by atoms with E-state index in [9.17, 15) is 4.79 Å². The summed E-state index contributed by atoms with van der Waals surface area (Å²) in [6.45, 7) is 27.6. The van der Waals surface area contributed by atoms with Gasteiger partial charge in [0.25, 0.3) is 8.32 Å². The average Bonchev–Trinajstić information content (AvgIpc) is 3.18. The summed E-state index contributed by atoms with van der Waals surface area (Å²) in [5.41, 5.74) is 1.77. The molecule has 3 aliphatic carbocycles. The van der Waals surface area contributed by atoms with Crippen LogP contribution in [0.15, 0.2) is 24.0 Å². The highest BCUT2D eigenvalue weighted by Crippen LogP contribution is 2.68. The monoisotopic (exact) mass is 518 g/mol. The van der Waals surface area contributed by atoms with Crippen LogP contribution >= 0.6 is 0 Å². The van der Waals surface area contributed by atoms with Gasteiger partial charge in [0.2, 0.25) is 0 Å². The van der Waals surface area contributed by atoms with Crippen LogP contribution in [0.4, 0.5) is 0 Å². The van der Waals surface area contributed by atoms with Gasteiger partial charge in [0.15, 0.2) is 0 Å². The van der Waals surface area contributed by atoms with Gasteiger partial charge >= 0.3 is 0 Å². The molecule has 0 N–H and O–H groups in total. The molecule has 2 fully saturated rings. The summed E-state index contributed by atoms with van der Waals surface area (Å²) in [5, 5.41) is 0. The third kappa shape index (κ3) is 4.20. The van der Waals surface area contributed by atoms with Gasteiger partial charge in [-0.2, -0.15) is 0 Å². The Morgan fingerprint density at radius 2 is 1.64 bits per heavy atom. The fourth-order valence-electron chi connectivity index (χ4n) is 8.85. The Balaban J connectivity index is 2.30. The van der Waals surface area contributed by atoms with E-state index in [0.717, 1.165) is 25.7 Å². The molecule has 5 heteroatoms. The second-order valence-corrected chi connectivity index (χ2v) is 19.0. The van der Waals surface area contributed by atoms with E-state index >= 15 is 0 Å². The molecule has 2 bridgehead atoms. The molecular weight excluding hydrogens is 464 g/mol. The van der Waals surface area contributed by atoms with Crippen molar-refractivity contribution in [3.8, 4) is 0 Å². The normalized spacial score (nSPS) is 37.4. The highest BCUT2D eigenvalue weighted by Gasteiger charge is 2.64. The maximum absolute atomic E-state index is 14.4. The van der Waals surface area contributed by atoms with Crippen LogP contribution in [0.3, 0.4) is 0 Å². The molecule has 0 amide bonds. The number of Topliss-reactive ketones (excluding diaryl/α,β-unsaturated/α-hetero) is 1. The van der Waals surface area contributed by atoms with Crippen molar-refractivity contribution < 1.29 is 18.7 Å². The minimum absolute atomic E-state index is 0.0968. The van der Waals surface area contributed by atoms with E-state index in [1.165, 1.54) is 11.3 Å². The fourth-order valence-corrected chi connectivity index (χ4v) is 14.2. The van der Waals surface area contributed by atoms with Crippen molar-refractivity contribution in [1.82, 2.24) is 0 Å². The predicted octanol–water partition coefficient (Wildman–Crippen LogP) is 8.44. The number of rotatable bonds is 9. The number of carbonyl (C=O) groups excluding carboxylic acids is 1. The van der Waals surface area contributed by atoms with Crippen LogP contribution in [0.1, 0.15) is 101 Å². The van der Waals surface area contributed by atoms with Gasteiger partial charge in [-0.3, -0.25) is 4.79 Å². The molecule has 6 atom stereocenters. The zero-order chi connectivity index (χ0) is 27.3. The zero-order valence-electron chi connectivity index (χ0n) is 25.1. The summed E-state index contributed by atoms with van der Waals surface area (Å²) in [6, 6.07) is 0. The van der Waals surface area contributed by atoms with E-state index in [1.807, 2.05) is 6.08 Å². The predicted molar refractivity (Wildman–Crippen MR) is 151 cm³/mol. The number of allylic oxidation sites excluding steroid dienone is 2. The molecule has 0 saturated heterocycles. The lowest BCUT2D eigenvalue weighted by Crippen LogP contribution is -2.57. The minimum atomic E-state index is -2.16. The first kappa shape index (κ1) is 29.6. The van der Waals surface area contributed by atoms with E-state index in [1.54, 1.807) is 7.11 Å². The summed E-state index contributed by atoms with van der Waals surface area (Å²) in [4.78, 5) is 14.4. The topological polar surface area (TPSA) is 44.8 Å². The number of hydrogen-bond donors (Lipinski definition) is 0. The van der Waals surface area contributed by atoms with Crippen molar-refractivity contribution >= 4 is 14.1 Å². The number of methoxy groups -OCH3 is 1. The van der Waals surface area contributed by atoms with E-state index < -0.39 is 19.1 Å². The van der Waals surface area contributed by atoms with Crippen molar-refractivity contribution in [3.05, 3.63) is 24.0 Å². The van der Waals surface area contributed by atoms with Crippen molar-refractivity contribution in [2.24, 2.45) is 28.1 Å².